The summed E-state index contributed by atoms with van der Waals surface area (Å²) in [4.78, 5) is 16.9. The van der Waals surface area contributed by atoms with Crippen molar-refractivity contribution in [3.8, 4) is 0 Å². The summed E-state index contributed by atoms with van der Waals surface area (Å²) in [5, 5.41) is 0. The highest BCUT2D eigenvalue weighted by Gasteiger charge is 2.24. The molecular weight excluding hydrogens is 290 g/mol. The zero-order valence-corrected chi connectivity index (χ0v) is 15.4. The maximum Gasteiger partial charge on any atom is 0.219 e. The molecule has 1 saturated heterocycles. The van der Waals surface area contributed by atoms with Crippen molar-refractivity contribution in [3.05, 3.63) is 23.8 Å². The molecule has 1 aromatic carbocycles. The molecule has 0 aliphatic carbocycles. The van der Waals surface area contributed by atoms with Gasteiger partial charge in [0, 0.05) is 43.6 Å². The third-order valence-corrected chi connectivity index (χ3v) is 5.51. The number of hydrogen-bond donors (Lipinski definition) is 1. The number of nitrogens with two attached hydrogens (primary N) is 1. The molecule has 0 unspecified atom stereocenters. The Kier molecular flexibility index (Phi) is 5.16. The van der Waals surface area contributed by atoms with E-state index in [0.29, 0.717) is 5.91 Å². The second-order valence-corrected chi connectivity index (χ2v) is 13.0. The second-order valence-electron chi connectivity index (χ2n) is 7.50. The number of carbonyl (C=O) groups excluding carboxylic acids is 1. The number of nitrogens with zero attached hydrogens (tertiary/aromatic N) is 2. The van der Waals surface area contributed by atoms with E-state index in [1.54, 1.807) is 0 Å². The molecule has 0 aromatic heterocycles. The molecule has 0 radical (unpaired) electrons. The normalized spacial score (nSPS) is 16.5. The van der Waals surface area contributed by atoms with Gasteiger partial charge in [-0.2, -0.15) is 0 Å². The molecule has 1 fully saturated rings. The molecule has 2 N–H and O–H groups in total. The number of aryl methyl sites for hydroxylation is 1. The van der Waals surface area contributed by atoms with Gasteiger partial charge in [0.2, 0.25) is 5.91 Å². The minimum Gasteiger partial charge on any atom is -0.399 e. The van der Waals surface area contributed by atoms with Crippen LogP contribution < -0.4 is 10.6 Å². The van der Waals surface area contributed by atoms with Crippen LogP contribution in [0.15, 0.2) is 18.2 Å². The third kappa shape index (κ3) is 4.50. The first-order valence-electron chi connectivity index (χ1n) is 8.15. The van der Waals surface area contributed by atoms with Crippen LogP contribution >= 0.6 is 0 Å². The predicted molar refractivity (Wildman–Crippen MR) is 97.2 cm³/mol. The molecule has 0 atom stereocenters. The van der Waals surface area contributed by atoms with Gasteiger partial charge in [-0.25, -0.2) is 0 Å². The number of hydrogen-bond acceptors (Lipinski definition) is 3. The number of anilines is 2. The Bertz CT molecular complexity index is 539. The van der Waals surface area contributed by atoms with Gasteiger partial charge in [-0.15, -0.1) is 0 Å². The Morgan fingerprint density at radius 1 is 1.18 bits per heavy atom. The van der Waals surface area contributed by atoms with Gasteiger partial charge in [0.1, 0.15) is 0 Å². The summed E-state index contributed by atoms with van der Waals surface area (Å²) in [7, 11) is -1.33. The van der Waals surface area contributed by atoms with Gasteiger partial charge in [0.05, 0.1) is 8.07 Å². The lowest BCUT2D eigenvalue weighted by Crippen LogP contribution is -2.39. The van der Waals surface area contributed by atoms with E-state index in [9.17, 15) is 4.79 Å². The van der Waals surface area contributed by atoms with Crippen molar-refractivity contribution in [3.63, 3.8) is 0 Å². The fourth-order valence-electron chi connectivity index (χ4n) is 2.85. The van der Waals surface area contributed by atoms with Gasteiger partial charge < -0.3 is 15.5 Å². The summed E-state index contributed by atoms with van der Waals surface area (Å²) in [6.07, 6.45) is 1.03. The van der Waals surface area contributed by atoms with Crippen LogP contribution in [0.3, 0.4) is 0 Å². The zero-order valence-electron chi connectivity index (χ0n) is 14.4. The third-order valence-electron chi connectivity index (χ3n) is 4.15. The molecule has 1 aliphatic heterocycles. The van der Waals surface area contributed by atoms with Gasteiger partial charge in [-0.3, -0.25) is 4.79 Å². The van der Waals surface area contributed by atoms with E-state index >= 15 is 0 Å². The van der Waals surface area contributed by atoms with Gasteiger partial charge in [0.25, 0.3) is 0 Å². The van der Waals surface area contributed by atoms with E-state index in [0.717, 1.165) is 49.9 Å². The molecule has 1 aliphatic rings. The summed E-state index contributed by atoms with van der Waals surface area (Å²) in [6, 6.07) is 6.97. The van der Waals surface area contributed by atoms with Crippen molar-refractivity contribution in [1.82, 2.24) is 4.90 Å². The van der Waals surface area contributed by atoms with E-state index in [1.165, 1.54) is 5.69 Å². The number of rotatable bonds is 3. The van der Waals surface area contributed by atoms with E-state index in [2.05, 4.69) is 41.6 Å². The summed E-state index contributed by atoms with van der Waals surface area (Å²) >= 11 is 0. The van der Waals surface area contributed by atoms with Crippen molar-refractivity contribution in [2.45, 2.75) is 39.0 Å². The zero-order chi connectivity index (χ0) is 16.3. The Hall–Kier alpha value is -1.49. The first kappa shape index (κ1) is 16.9. The number of carbonyl (C=O) groups is 1. The van der Waals surface area contributed by atoms with Crippen LogP contribution in [0, 0.1) is 6.92 Å². The van der Waals surface area contributed by atoms with Crippen LogP contribution in [-0.2, 0) is 4.79 Å². The largest absolute Gasteiger partial charge is 0.399 e. The van der Waals surface area contributed by atoms with Crippen LogP contribution in [0.5, 0.6) is 0 Å². The molecule has 0 saturated carbocycles. The molecule has 0 spiro atoms. The van der Waals surface area contributed by atoms with Crippen molar-refractivity contribution < 1.29 is 4.79 Å². The van der Waals surface area contributed by atoms with Gasteiger partial charge in [0.15, 0.2) is 0 Å². The maximum absolute atomic E-state index is 12.4. The lowest BCUT2D eigenvalue weighted by atomic mass is 10.1. The fourth-order valence-corrected chi connectivity index (χ4v) is 3.98. The quantitative estimate of drug-likeness (QED) is 0.688. The Morgan fingerprint density at radius 2 is 1.91 bits per heavy atom. The molecule has 0 bridgehead atoms. The first-order valence-corrected chi connectivity index (χ1v) is 11.9. The molecule has 122 valence electrons. The Balaban J connectivity index is 2.00. The molecule has 1 heterocycles. The average Bonchev–Trinajstić information content (AvgIpc) is 2.66. The number of benzene rings is 1. The lowest BCUT2D eigenvalue weighted by molar-refractivity contribution is -0.128. The summed E-state index contributed by atoms with van der Waals surface area (Å²) in [5.41, 5.74) is 9.07. The Labute approximate surface area is 135 Å². The molecule has 22 heavy (non-hydrogen) atoms. The van der Waals surface area contributed by atoms with Crippen LogP contribution in [0.2, 0.25) is 25.7 Å². The summed E-state index contributed by atoms with van der Waals surface area (Å²) < 4.78 is 0. The second kappa shape index (κ2) is 6.73. The van der Waals surface area contributed by atoms with Crippen LogP contribution in [-0.4, -0.2) is 45.1 Å². The highest BCUT2D eigenvalue weighted by Crippen LogP contribution is 2.22. The van der Waals surface area contributed by atoms with Gasteiger partial charge in [-0.1, -0.05) is 19.6 Å². The summed E-state index contributed by atoms with van der Waals surface area (Å²) in [6.45, 7) is 12.4. The first-order chi connectivity index (χ1) is 10.3. The van der Waals surface area contributed by atoms with Crippen LogP contribution in [0.25, 0.3) is 0 Å². The summed E-state index contributed by atoms with van der Waals surface area (Å²) in [5.74, 6) is 0.342. The van der Waals surface area contributed by atoms with Gasteiger partial charge in [-0.05, 0) is 37.1 Å². The van der Waals surface area contributed by atoms with Crippen molar-refractivity contribution >= 4 is 25.4 Å². The van der Waals surface area contributed by atoms with Crippen molar-refractivity contribution in [2.24, 2.45) is 0 Å². The Morgan fingerprint density at radius 3 is 2.55 bits per heavy atom. The molecular formula is C17H29N3OSi. The predicted octanol–water partition coefficient (Wildman–Crippen LogP) is 2.95. The van der Waals surface area contributed by atoms with Crippen LogP contribution in [0.4, 0.5) is 11.4 Å². The molecule has 2 rings (SSSR count). The van der Waals surface area contributed by atoms with E-state index in [1.807, 2.05) is 13.0 Å². The topological polar surface area (TPSA) is 49.6 Å². The molecule has 1 aromatic rings. The molecule has 1 amide bonds. The van der Waals surface area contributed by atoms with Crippen molar-refractivity contribution in [2.75, 3.05) is 36.8 Å². The molecule has 4 nitrogen and oxygen atoms in total. The van der Waals surface area contributed by atoms with E-state index < -0.39 is 8.07 Å². The van der Waals surface area contributed by atoms with Crippen LogP contribution in [0.1, 0.15) is 12.0 Å². The van der Waals surface area contributed by atoms with E-state index in [-0.39, 0.29) is 0 Å². The standard InChI is InChI=1S/C17H29N3OSi/c1-14-12-15(6-7-16(14)18)19-8-5-9-20(11-10-19)17(21)13-22(2,3)4/h6-7,12H,5,8-11,13,18H2,1-4H3. The monoisotopic (exact) mass is 319 g/mol. The smallest absolute Gasteiger partial charge is 0.219 e. The fraction of sp³-hybridized carbons (Fsp3) is 0.588. The maximum atomic E-state index is 12.4. The van der Waals surface area contributed by atoms with Gasteiger partial charge >= 0.3 is 0 Å². The lowest BCUT2D eigenvalue weighted by Gasteiger charge is -2.26. The minimum atomic E-state index is -1.33. The van der Waals surface area contributed by atoms with E-state index in [4.69, 9.17) is 5.73 Å². The average molecular weight is 320 g/mol. The highest BCUT2D eigenvalue weighted by atomic mass is 28.3. The number of nitrogen functional groups attached to an aromatic ring is 1. The highest BCUT2D eigenvalue weighted by molar-refractivity contribution is 6.78. The SMILES string of the molecule is Cc1cc(N2CCCN(C(=O)C[Si](C)(C)C)CC2)ccc1N. The number of amides is 1. The van der Waals surface area contributed by atoms with Crippen molar-refractivity contribution in [1.29, 1.82) is 0 Å². The minimum absolute atomic E-state index is 0.342. The molecule has 5 heteroatoms.